The van der Waals surface area contributed by atoms with Crippen molar-refractivity contribution in [3.05, 3.63) is 62.2 Å². The fourth-order valence-electron chi connectivity index (χ4n) is 3.08. The third-order valence-corrected chi connectivity index (χ3v) is 4.75. The fourth-order valence-corrected chi connectivity index (χ4v) is 3.40. The Morgan fingerprint density at radius 3 is 2.55 bits per heavy atom. The Balaban J connectivity index is 0.000000426. The van der Waals surface area contributed by atoms with Crippen molar-refractivity contribution in [1.82, 2.24) is 5.32 Å². The third kappa shape index (κ3) is 5.33. The number of benzene rings is 1. The Labute approximate surface area is 173 Å². The van der Waals surface area contributed by atoms with E-state index in [0.717, 1.165) is 26.3 Å². The molecule has 10 heteroatoms. The Hall–Kier alpha value is -2.91. The molecule has 1 atom stereocenters. The van der Waals surface area contributed by atoms with Crippen LogP contribution in [0.1, 0.15) is 18.4 Å². The number of esters is 1. The molecule has 2 aliphatic heterocycles. The van der Waals surface area contributed by atoms with Crippen LogP contribution in [0.25, 0.3) is 5.41 Å². The molecule has 0 amide bonds. The van der Waals surface area contributed by atoms with E-state index in [1.165, 1.54) is 25.3 Å². The van der Waals surface area contributed by atoms with Gasteiger partial charge in [0.05, 0.1) is 49.8 Å². The average Bonchev–Trinajstić information content (AvgIpc) is 2.74. The summed E-state index contributed by atoms with van der Waals surface area (Å²) in [4.78, 5) is 23.0. The molecular weight excluding hydrogens is 396 g/mol. The first-order valence-corrected chi connectivity index (χ1v) is 9.33. The van der Waals surface area contributed by atoms with Crippen molar-refractivity contribution in [2.45, 2.75) is 12.8 Å². The van der Waals surface area contributed by atoms with Crippen LogP contribution in [0, 0.1) is 10.1 Å². The predicted molar refractivity (Wildman–Crippen MR) is 111 cm³/mol. The summed E-state index contributed by atoms with van der Waals surface area (Å²) in [6.45, 7) is 5.80. The number of carbonyl (C=O) groups excluding carboxylic acids is 1. The number of quaternary nitrogens is 1. The number of hydrogen-bond acceptors (Lipinski definition) is 6. The van der Waals surface area contributed by atoms with Gasteiger partial charge < -0.3 is 25.5 Å². The van der Waals surface area contributed by atoms with Crippen LogP contribution in [-0.2, 0) is 14.3 Å². The molecule has 0 spiro atoms. The van der Waals surface area contributed by atoms with Gasteiger partial charge in [-0.25, -0.2) is 4.79 Å². The lowest BCUT2D eigenvalue weighted by Crippen LogP contribution is -2.87. The zero-order valence-corrected chi connectivity index (χ0v) is 17.0. The van der Waals surface area contributed by atoms with Gasteiger partial charge in [0.25, 0.3) is 5.69 Å². The number of methoxy groups -OCH3 is 1. The van der Waals surface area contributed by atoms with E-state index >= 15 is 0 Å². The summed E-state index contributed by atoms with van der Waals surface area (Å²) in [5.74, 6) is 0.332. The maximum absolute atomic E-state index is 12.2. The van der Waals surface area contributed by atoms with Gasteiger partial charge in [0, 0.05) is 22.9 Å². The molecule has 0 aliphatic carbocycles. The fraction of sp³-hybridized carbons (Fsp3) is 0.368. The van der Waals surface area contributed by atoms with E-state index in [1.807, 2.05) is 5.87 Å². The first-order valence-electron chi connectivity index (χ1n) is 8.92. The van der Waals surface area contributed by atoms with Gasteiger partial charge in [0.2, 0.25) is 0 Å². The van der Waals surface area contributed by atoms with Crippen molar-refractivity contribution in [1.29, 1.82) is 0 Å². The highest BCUT2D eigenvalue weighted by Gasteiger charge is 2.37. The normalized spacial score (nSPS) is 18.8. The van der Waals surface area contributed by atoms with Gasteiger partial charge in [-0.2, -0.15) is 0 Å². The highest BCUT2D eigenvalue weighted by molar-refractivity contribution is 7.80. The summed E-state index contributed by atoms with van der Waals surface area (Å²) in [6.07, 6.45) is 0. The maximum atomic E-state index is 12.2. The van der Waals surface area contributed by atoms with Crippen LogP contribution in [0.3, 0.4) is 0 Å². The quantitative estimate of drug-likeness (QED) is 0.185. The Bertz CT molecular complexity index is 877. The van der Waals surface area contributed by atoms with Crippen molar-refractivity contribution in [3.63, 3.8) is 0 Å². The van der Waals surface area contributed by atoms with E-state index in [-0.39, 0.29) is 27.4 Å². The zero-order valence-electron chi connectivity index (χ0n) is 16.1. The van der Waals surface area contributed by atoms with Crippen LogP contribution in [0.15, 0.2) is 41.1 Å². The second-order valence-electron chi connectivity index (χ2n) is 6.24. The lowest BCUT2D eigenvalue weighted by molar-refractivity contribution is -0.670. The van der Waals surface area contributed by atoms with E-state index in [4.69, 9.17) is 21.7 Å². The molecule has 0 aromatic heterocycles. The highest BCUT2D eigenvalue weighted by atomic mass is 32.1. The molecule has 3 N–H and O–H groups in total. The summed E-state index contributed by atoms with van der Waals surface area (Å²) in [5, 5.41) is 25.8. The van der Waals surface area contributed by atoms with E-state index in [0.29, 0.717) is 5.70 Å². The topological polar surface area (TPSA) is 130 Å². The lowest BCUT2D eigenvalue weighted by Gasteiger charge is -2.29. The summed E-state index contributed by atoms with van der Waals surface area (Å²) < 4.78 is 9.81. The van der Waals surface area contributed by atoms with Crippen molar-refractivity contribution in [3.8, 4) is 0 Å². The number of allylic oxidation sites excluding steroid dienone is 1. The van der Waals surface area contributed by atoms with E-state index in [9.17, 15) is 20.3 Å². The SMILES string of the molecule is C1COCC[NH2+]1.COC(=O)C1=C(C)NC(=S)C(=C=[N-])C1c1ccccc1[N+](=O)[O-]. The molecule has 3 rings (SSSR count). The summed E-state index contributed by atoms with van der Waals surface area (Å²) in [5.41, 5.74) is 0.637. The van der Waals surface area contributed by atoms with Gasteiger partial charge in [0.15, 0.2) is 0 Å². The molecule has 2 heterocycles. The van der Waals surface area contributed by atoms with Crippen LogP contribution in [0.2, 0.25) is 0 Å². The Morgan fingerprint density at radius 1 is 1.41 bits per heavy atom. The minimum Gasteiger partial charge on any atom is -0.763 e. The lowest BCUT2D eigenvalue weighted by atomic mass is 9.81. The molecule has 0 saturated carbocycles. The first-order chi connectivity index (χ1) is 13.9. The molecule has 0 radical (unpaired) electrons. The number of thiocarbonyl (C=S) groups is 1. The van der Waals surface area contributed by atoms with Crippen molar-refractivity contribution in [2.24, 2.45) is 0 Å². The van der Waals surface area contributed by atoms with Crippen LogP contribution < -0.4 is 10.6 Å². The number of nitrogens with two attached hydrogens (primary N) is 1. The van der Waals surface area contributed by atoms with Gasteiger partial charge in [-0.3, -0.25) is 16.0 Å². The van der Waals surface area contributed by atoms with Gasteiger partial charge in [-0.15, -0.1) is 0 Å². The molecule has 0 bridgehead atoms. The van der Waals surface area contributed by atoms with E-state index < -0.39 is 16.8 Å². The molecular formula is C19H22N4O5S. The van der Waals surface area contributed by atoms with Crippen LogP contribution in [0.4, 0.5) is 5.69 Å². The average molecular weight is 418 g/mol. The Kier molecular flexibility index (Phi) is 8.17. The number of nitrogens with zero attached hydrogens (tertiary/aromatic N) is 2. The number of carbonyl (C=O) groups is 1. The number of nitro groups is 1. The first kappa shape index (κ1) is 22.4. The van der Waals surface area contributed by atoms with E-state index in [1.54, 1.807) is 13.0 Å². The molecule has 29 heavy (non-hydrogen) atoms. The van der Waals surface area contributed by atoms with Crippen LogP contribution in [-0.4, -0.2) is 55.2 Å². The van der Waals surface area contributed by atoms with Crippen molar-refractivity contribution >= 4 is 34.7 Å². The molecule has 1 aromatic rings. The smallest absolute Gasteiger partial charge is 0.336 e. The zero-order chi connectivity index (χ0) is 21.4. The minimum absolute atomic E-state index is 0.0697. The largest absolute Gasteiger partial charge is 0.763 e. The van der Waals surface area contributed by atoms with Crippen LogP contribution >= 0.6 is 12.2 Å². The monoisotopic (exact) mass is 418 g/mol. The number of rotatable bonds is 3. The predicted octanol–water partition coefficient (Wildman–Crippen LogP) is 0.802. The molecule has 2 aliphatic rings. The molecule has 1 aromatic carbocycles. The molecule has 1 unspecified atom stereocenters. The summed E-state index contributed by atoms with van der Waals surface area (Å²) in [7, 11) is 1.21. The van der Waals surface area contributed by atoms with E-state index in [2.05, 4.69) is 10.6 Å². The molecule has 9 nitrogen and oxygen atoms in total. The van der Waals surface area contributed by atoms with Gasteiger partial charge in [-0.05, 0) is 6.92 Å². The number of nitrogens with one attached hydrogen (secondary N) is 1. The minimum atomic E-state index is -0.942. The van der Waals surface area contributed by atoms with Gasteiger partial charge in [0.1, 0.15) is 4.99 Å². The second kappa shape index (κ2) is 10.6. The van der Waals surface area contributed by atoms with Crippen molar-refractivity contribution < 1.29 is 24.5 Å². The number of para-hydroxylation sites is 1. The van der Waals surface area contributed by atoms with Gasteiger partial charge in [-0.1, -0.05) is 30.4 Å². The molecule has 1 fully saturated rings. The number of hydrogen-bond donors (Lipinski definition) is 2. The van der Waals surface area contributed by atoms with Crippen LogP contribution in [0.5, 0.6) is 0 Å². The third-order valence-electron chi connectivity index (χ3n) is 4.43. The second-order valence-corrected chi connectivity index (χ2v) is 6.65. The molecule has 154 valence electrons. The highest BCUT2D eigenvalue weighted by Crippen LogP contribution is 2.40. The maximum Gasteiger partial charge on any atom is 0.336 e. The standard InChI is InChI=1S/C15H12N3O4S.C4H9NO/c1-8-12(15(19)22-2)13(10(7-16)14(23)17-8)9-5-3-4-6-11(9)18(20)21;1-3-6-4-2-5-1/h3-6,13H,1-2H3,(H,17,23);5H,1-4H2/q-1;/p+1. The summed E-state index contributed by atoms with van der Waals surface area (Å²) in [6, 6.07) is 5.94. The van der Waals surface area contributed by atoms with Gasteiger partial charge >= 0.3 is 5.97 Å². The Morgan fingerprint density at radius 2 is 2.07 bits per heavy atom. The van der Waals surface area contributed by atoms with Crippen molar-refractivity contribution in [2.75, 3.05) is 33.4 Å². The summed E-state index contributed by atoms with van der Waals surface area (Å²) >= 11 is 5.14. The number of nitro benzene ring substituents is 1. The number of ether oxygens (including phenoxy) is 2. The molecule has 1 saturated heterocycles. The number of morpholine rings is 1.